The molecule has 0 aliphatic rings. The van der Waals surface area contributed by atoms with Crippen molar-refractivity contribution >= 4 is 11.9 Å². The minimum atomic E-state index is 0.932. The topological polar surface area (TPSA) is 25.2 Å². The smallest absolute Gasteiger partial charge is 0.0659 e. The van der Waals surface area contributed by atoms with Crippen molar-refractivity contribution in [2.75, 3.05) is 0 Å². The molecule has 0 bridgehead atoms. The highest BCUT2D eigenvalue weighted by atomic mass is 14.7. The average Bonchev–Trinajstić information content (AvgIpc) is 2.47. The van der Waals surface area contributed by atoms with E-state index in [-0.39, 0.29) is 0 Å². The molecule has 0 radical (unpaired) electrons. The predicted octanol–water partition coefficient (Wildman–Crippen LogP) is 5.04. The van der Waals surface area contributed by atoms with Crippen LogP contribution in [-0.2, 0) is 0 Å². The van der Waals surface area contributed by atoms with Crippen LogP contribution in [0.1, 0.15) is 52.0 Å². The molecule has 2 heteroatoms. The fourth-order valence-corrected chi connectivity index (χ4v) is 1.78. The van der Waals surface area contributed by atoms with Gasteiger partial charge in [-0.15, -0.1) is 0 Å². The monoisotopic (exact) mass is 256 g/mol. The first kappa shape index (κ1) is 15.4. The van der Waals surface area contributed by atoms with E-state index >= 15 is 0 Å². The lowest BCUT2D eigenvalue weighted by Gasteiger charge is -2.03. The summed E-state index contributed by atoms with van der Waals surface area (Å²) in [5.41, 5.74) is 3.61. The summed E-state index contributed by atoms with van der Waals surface area (Å²) in [5.74, 6) is 0. The fraction of sp³-hybridized carbons (Fsp3) is 0.412. The molecule has 2 nitrogen and oxygen atoms in total. The van der Waals surface area contributed by atoms with E-state index in [9.17, 15) is 0 Å². The Morgan fingerprint density at radius 1 is 1.26 bits per heavy atom. The zero-order valence-electron chi connectivity index (χ0n) is 12.3. The zero-order chi connectivity index (χ0) is 13.9. The Hall–Kier alpha value is -1.70. The third-order valence-electron chi connectivity index (χ3n) is 3.05. The molecule has 0 atom stereocenters. The Morgan fingerprint density at radius 2 is 2.00 bits per heavy atom. The van der Waals surface area contributed by atoms with Crippen LogP contribution in [0.2, 0.25) is 0 Å². The number of aliphatic imine (C=N–C) groups is 1. The number of nitrogens with zero attached hydrogens (tertiary/aromatic N) is 2. The van der Waals surface area contributed by atoms with Crippen LogP contribution in [-0.4, -0.2) is 11.2 Å². The molecule has 1 aromatic heterocycles. The molecule has 0 amide bonds. The summed E-state index contributed by atoms with van der Waals surface area (Å²) in [6.45, 7) is 6.45. The van der Waals surface area contributed by atoms with Crippen LogP contribution in [0, 0.1) is 0 Å². The molecule has 0 unspecified atom stereocenters. The Labute approximate surface area is 117 Å². The fourth-order valence-electron chi connectivity index (χ4n) is 1.78. The van der Waals surface area contributed by atoms with Gasteiger partial charge in [0.15, 0.2) is 0 Å². The van der Waals surface area contributed by atoms with Gasteiger partial charge in [-0.3, -0.25) is 9.98 Å². The van der Waals surface area contributed by atoms with Crippen LogP contribution in [0.5, 0.6) is 0 Å². The van der Waals surface area contributed by atoms with Crippen molar-refractivity contribution in [3.05, 3.63) is 47.8 Å². The SMILES string of the molecule is C/C=C(/CC)C/C=N\C(=C\CCC)c1ccncc1. The standard InChI is InChI=1S/C17H24N2/c1-4-7-8-17(16-10-12-18-13-11-16)19-14-9-15(5-2)6-3/h5,8,10-14H,4,6-7,9H2,1-3H3/b15-5-,17-8+,19-14-. The molecule has 1 heterocycles. The molecule has 0 spiro atoms. The Bertz CT molecular complexity index is 442. The summed E-state index contributed by atoms with van der Waals surface area (Å²) < 4.78 is 0. The number of unbranched alkanes of at least 4 members (excludes halogenated alkanes) is 1. The summed E-state index contributed by atoms with van der Waals surface area (Å²) in [5, 5.41) is 0. The number of hydrogen-bond acceptors (Lipinski definition) is 2. The van der Waals surface area contributed by atoms with E-state index in [1.807, 2.05) is 30.7 Å². The van der Waals surface area contributed by atoms with Crippen molar-refractivity contribution in [1.29, 1.82) is 0 Å². The lowest BCUT2D eigenvalue weighted by atomic mass is 10.1. The van der Waals surface area contributed by atoms with Crippen molar-refractivity contribution in [3.63, 3.8) is 0 Å². The highest BCUT2D eigenvalue weighted by molar-refractivity contribution is 5.74. The van der Waals surface area contributed by atoms with Crippen LogP contribution < -0.4 is 0 Å². The van der Waals surface area contributed by atoms with Crippen molar-refractivity contribution in [3.8, 4) is 0 Å². The lowest BCUT2D eigenvalue weighted by molar-refractivity contribution is 0.958. The summed E-state index contributed by atoms with van der Waals surface area (Å²) in [6, 6.07) is 4.02. The number of rotatable bonds is 7. The predicted molar refractivity (Wildman–Crippen MR) is 84.3 cm³/mol. The quantitative estimate of drug-likeness (QED) is 0.495. The highest BCUT2D eigenvalue weighted by Gasteiger charge is 1.98. The Balaban J connectivity index is 2.79. The molecule has 1 aromatic rings. The second kappa shape index (κ2) is 9.26. The molecule has 0 aliphatic heterocycles. The zero-order valence-corrected chi connectivity index (χ0v) is 12.3. The minimum Gasteiger partial charge on any atom is -0.265 e. The van der Waals surface area contributed by atoms with E-state index < -0.39 is 0 Å². The summed E-state index contributed by atoms with van der Waals surface area (Å²) in [6.07, 6.45) is 14.2. The lowest BCUT2D eigenvalue weighted by Crippen LogP contribution is -1.86. The van der Waals surface area contributed by atoms with Gasteiger partial charge in [-0.25, -0.2) is 0 Å². The number of pyridine rings is 1. The number of hydrogen-bond donors (Lipinski definition) is 0. The first-order chi connectivity index (χ1) is 9.31. The van der Waals surface area contributed by atoms with Gasteiger partial charge in [-0.1, -0.05) is 38.0 Å². The molecule has 0 N–H and O–H groups in total. The Kier molecular flexibility index (Phi) is 7.48. The second-order valence-electron chi connectivity index (χ2n) is 4.43. The number of aromatic nitrogens is 1. The maximum Gasteiger partial charge on any atom is 0.0659 e. The van der Waals surface area contributed by atoms with E-state index in [4.69, 9.17) is 0 Å². The normalized spacial score (nSPS) is 13.2. The largest absolute Gasteiger partial charge is 0.265 e. The van der Waals surface area contributed by atoms with E-state index in [1.165, 1.54) is 5.57 Å². The molecular formula is C17H24N2. The molecule has 0 saturated carbocycles. The molecule has 1 rings (SSSR count). The first-order valence-electron chi connectivity index (χ1n) is 7.08. The van der Waals surface area contributed by atoms with Crippen molar-refractivity contribution in [1.82, 2.24) is 4.98 Å². The molecule has 102 valence electrons. The highest BCUT2D eigenvalue weighted by Crippen LogP contribution is 2.16. The maximum atomic E-state index is 4.63. The Morgan fingerprint density at radius 3 is 2.58 bits per heavy atom. The van der Waals surface area contributed by atoms with Crippen LogP contribution >= 0.6 is 0 Å². The molecule has 0 fully saturated rings. The van der Waals surface area contributed by atoms with Gasteiger partial charge in [0.25, 0.3) is 0 Å². The summed E-state index contributed by atoms with van der Waals surface area (Å²) in [4.78, 5) is 8.69. The van der Waals surface area contributed by atoms with Gasteiger partial charge in [0.1, 0.15) is 0 Å². The third-order valence-corrected chi connectivity index (χ3v) is 3.05. The van der Waals surface area contributed by atoms with Crippen molar-refractivity contribution < 1.29 is 0 Å². The summed E-state index contributed by atoms with van der Waals surface area (Å²) >= 11 is 0. The van der Waals surface area contributed by atoms with E-state index in [0.29, 0.717) is 0 Å². The van der Waals surface area contributed by atoms with Crippen molar-refractivity contribution in [2.45, 2.75) is 46.5 Å². The first-order valence-corrected chi connectivity index (χ1v) is 7.08. The van der Waals surface area contributed by atoms with Crippen LogP contribution in [0.4, 0.5) is 0 Å². The van der Waals surface area contributed by atoms with E-state index in [2.05, 4.69) is 42.9 Å². The van der Waals surface area contributed by atoms with Crippen LogP contribution in [0.15, 0.2) is 47.2 Å². The van der Waals surface area contributed by atoms with E-state index in [0.717, 1.165) is 36.9 Å². The molecule has 19 heavy (non-hydrogen) atoms. The van der Waals surface area contributed by atoms with Gasteiger partial charge in [0, 0.05) is 30.6 Å². The molecule has 0 aliphatic carbocycles. The van der Waals surface area contributed by atoms with Gasteiger partial charge < -0.3 is 0 Å². The molecular weight excluding hydrogens is 232 g/mol. The maximum absolute atomic E-state index is 4.63. The van der Waals surface area contributed by atoms with Gasteiger partial charge in [-0.05, 0) is 31.9 Å². The average molecular weight is 256 g/mol. The van der Waals surface area contributed by atoms with Gasteiger partial charge in [-0.2, -0.15) is 0 Å². The van der Waals surface area contributed by atoms with Crippen LogP contribution in [0.3, 0.4) is 0 Å². The molecule has 0 saturated heterocycles. The van der Waals surface area contributed by atoms with Crippen molar-refractivity contribution in [2.24, 2.45) is 4.99 Å². The second-order valence-corrected chi connectivity index (χ2v) is 4.43. The number of allylic oxidation sites excluding steroid dienone is 3. The van der Waals surface area contributed by atoms with E-state index in [1.54, 1.807) is 0 Å². The molecule has 0 aromatic carbocycles. The third kappa shape index (κ3) is 5.64. The minimum absolute atomic E-state index is 0.932. The van der Waals surface area contributed by atoms with Gasteiger partial charge in [0.2, 0.25) is 0 Å². The summed E-state index contributed by atoms with van der Waals surface area (Å²) in [7, 11) is 0. The van der Waals surface area contributed by atoms with Gasteiger partial charge in [0.05, 0.1) is 5.70 Å². The van der Waals surface area contributed by atoms with Gasteiger partial charge >= 0.3 is 0 Å². The van der Waals surface area contributed by atoms with Crippen LogP contribution in [0.25, 0.3) is 5.70 Å².